The third-order valence-electron chi connectivity index (χ3n) is 14.9. The molecule has 3 aromatic carbocycles. The predicted molar refractivity (Wildman–Crippen MR) is 248 cm³/mol. The zero-order valence-corrected chi connectivity index (χ0v) is 37.9. The van der Waals surface area contributed by atoms with Gasteiger partial charge in [0.25, 0.3) is 5.91 Å². The fraction of sp³-hybridized carbons (Fsp3) is 0.408. The van der Waals surface area contributed by atoms with Crippen molar-refractivity contribution in [2.24, 2.45) is 17.8 Å². The molecular formula is C49H50F3N9O6S. The van der Waals surface area contributed by atoms with E-state index in [9.17, 15) is 32.0 Å². The number of H-pyrrole nitrogens is 1. The van der Waals surface area contributed by atoms with Crippen molar-refractivity contribution in [1.29, 1.82) is 0 Å². The topological polar surface area (TPSA) is 171 Å². The minimum absolute atomic E-state index is 0.00535. The third kappa shape index (κ3) is 8.16. The Kier molecular flexibility index (Phi) is 11.3. The molecule has 2 aromatic heterocycles. The number of carbonyl (C=O) groups is 4. The minimum Gasteiger partial charge on any atom is -0.372 e. The first-order chi connectivity index (χ1) is 32.8. The molecule has 4 atom stereocenters. The van der Waals surface area contributed by atoms with Gasteiger partial charge in [-0.25, -0.2) is 18.2 Å². The van der Waals surface area contributed by atoms with Crippen molar-refractivity contribution in [2.45, 2.75) is 50.9 Å². The second-order valence-corrected chi connectivity index (χ2v) is 20.8. The molecule has 0 spiro atoms. The molecule has 15 nitrogen and oxygen atoms in total. The Balaban J connectivity index is 0.680. The second kappa shape index (κ2) is 17.3. The highest BCUT2D eigenvalue weighted by molar-refractivity contribution is 7.90. The lowest BCUT2D eigenvalue weighted by Gasteiger charge is -2.35. The number of nitrogens with zero attached hydrogens (tertiary/aromatic N) is 6. The van der Waals surface area contributed by atoms with E-state index >= 15 is 8.78 Å². The van der Waals surface area contributed by atoms with Gasteiger partial charge in [-0.3, -0.25) is 29.2 Å². The lowest BCUT2D eigenvalue weighted by molar-refractivity contribution is -0.136. The van der Waals surface area contributed by atoms with Crippen molar-refractivity contribution in [3.8, 4) is 11.1 Å². The molecule has 11 rings (SSSR count). The highest BCUT2D eigenvalue weighted by Gasteiger charge is 2.43. The molecule has 6 aliphatic heterocycles. The van der Waals surface area contributed by atoms with Crippen molar-refractivity contribution in [2.75, 3.05) is 73.4 Å². The van der Waals surface area contributed by atoms with Crippen LogP contribution in [0, 0.1) is 29.4 Å². The molecule has 6 aliphatic rings. The Morgan fingerprint density at radius 2 is 1.57 bits per heavy atom. The van der Waals surface area contributed by atoms with Crippen LogP contribution < -0.4 is 19.8 Å². The molecule has 5 saturated heterocycles. The number of likely N-dealkylation sites (tertiary alicyclic amines) is 1. The highest BCUT2D eigenvalue weighted by atomic mass is 32.2. The summed E-state index contributed by atoms with van der Waals surface area (Å²) in [4.78, 5) is 67.6. The number of hydrogen-bond donors (Lipinski definition) is 3. The number of halogens is 3. The van der Waals surface area contributed by atoms with Gasteiger partial charge in [0.15, 0.2) is 5.82 Å². The van der Waals surface area contributed by atoms with Gasteiger partial charge >= 0.3 is 10.2 Å². The summed E-state index contributed by atoms with van der Waals surface area (Å²) in [7, 11) is -4.35. The van der Waals surface area contributed by atoms with E-state index in [-0.39, 0.29) is 43.3 Å². The number of ketones is 1. The van der Waals surface area contributed by atoms with Gasteiger partial charge in [0.05, 0.1) is 11.3 Å². The van der Waals surface area contributed by atoms with Crippen LogP contribution >= 0.6 is 0 Å². The Bertz CT molecular complexity index is 2970. The van der Waals surface area contributed by atoms with Crippen LogP contribution in [-0.4, -0.2) is 127 Å². The highest BCUT2D eigenvalue weighted by Crippen LogP contribution is 2.38. The summed E-state index contributed by atoms with van der Waals surface area (Å²) < 4.78 is 73.2. The van der Waals surface area contributed by atoms with Crippen LogP contribution in [0.5, 0.6) is 0 Å². The van der Waals surface area contributed by atoms with Crippen molar-refractivity contribution in [3.05, 3.63) is 107 Å². The number of pyridine rings is 1. The average Bonchev–Trinajstić information content (AvgIpc) is 4.17. The average molecular weight is 950 g/mol. The SMILES string of the molecule is O=C1CC[C@@H](N2Cc3cc(N4C[C@H]5CN(CC6CCN(c7ccc(-c8cnc9[nH]cc(C(=O)c%10c(F)ccc(NS(=O)(=O)N%11CC[C@@H](F)C%11)c%10F)c9c8)cc7)CC6)C[C@H]5C4)ccc3C2=O)C(=O)N1. The van der Waals surface area contributed by atoms with E-state index in [4.69, 9.17) is 0 Å². The predicted octanol–water partition coefficient (Wildman–Crippen LogP) is 5.49. The van der Waals surface area contributed by atoms with Crippen LogP contribution in [0.1, 0.15) is 63.9 Å². The van der Waals surface area contributed by atoms with Gasteiger partial charge in [0, 0.05) is 118 Å². The number of benzene rings is 3. The van der Waals surface area contributed by atoms with E-state index < -0.39 is 57.0 Å². The van der Waals surface area contributed by atoms with Crippen molar-refractivity contribution in [3.63, 3.8) is 0 Å². The van der Waals surface area contributed by atoms with Gasteiger partial charge < -0.3 is 24.6 Å². The van der Waals surface area contributed by atoms with Crippen molar-refractivity contribution < 1.29 is 40.8 Å². The quantitative estimate of drug-likeness (QED) is 0.114. The summed E-state index contributed by atoms with van der Waals surface area (Å²) in [6.07, 6.45) is 4.39. The van der Waals surface area contributed by atoms with Crippen molar-refractivity contribution in [1.82, 2.24) is 29.4 Å². The molecule has 3 N–H and O–H groups in total. The summed E-state index contributed by atoms with van der Waals surface area (Å²) >= 11 is 0. The summed E-state index contributed by atoms with van der Waals surface area (Å²) in [5.74, 6) is -2.62. The van der Waals surface area contributed by atoms with Crippen LogP contribution in [0.4, 0.5) is 30.2 Å². The Morgan fingerprint density at radius 3 is 2.29 bits per heavy atom. The number of alkyl halides is 1. The standard InChI is InChI=1S/C49H50F3N9O6S/c50-34-13-16-60(27-34)68(66,67)56-41-8-7-40(51)44(45(41)52)46(63)39-20-54-47-38(39)18-30(19-53-47)29-1-3-35(4-2-29)58-14-11-28(12-15-58)21-57-22-32-24-59(25-33(32)23-57)36-5-6-37-31(17-36)26-61(49(37)65)42-9-10-43(62)55-48(42)64/h1-8,17-20,28,32-34,42,56H,9-16,21-27H2,(H,53,54)(H,55,62,64)/t32-,33+,34-,42-/m1/s1. The molecule has 3 amide bonds. The number of carbonyl (C=O) groups excluding carboxylic acids is 4. The first-order valence-electron chi connectivity index (χ1n) is 23.3. The zero-order valence-electron chi connectivity index (χ0n) is 37.1. The summed E-state index contributed by atoms with van der Waals surface area (Å²) in [5, 5.41) is 2.71. The summed E-state index contributed by atoms with van der Waals surface area (Å²) in [5.41, 5.74) is 4.05. The Labute approximate surface area is 390 Å². The number of nitrogens with one attached hydrogen (secondary N) is 3. The molecule has 5 aromatic rings. The van der Waals surface area contributed by atoms with Gasteiger partial charge in [0.1, 0.15) is 23.7 Å². The maximum Gasteiger partial charge on any atom is 0.301 e. The molecule has 354 valence electrons. The van der Waals surface area contributed by atoms with Gasteiger partial charge in [-0.2, -0.15) is 12.7 Å². The number of hydrogen-bond acceptors (Lipinski definition) is 10. The molecule has 0 radical (unpaired) electrons. The number of amides is 3. The molecule has 8 heterocycles. The molecule has 0 bridgehead atoms. The van der Waals surface area contributed by atoms with Gasteiger partial charge in [-0.1, -0.05) is 12.1 Å². The monoisotopic (exact) mass is 949 g/mol. The smallest absolute Gasteiger partial charge is 0.301 e. The Hall–Kier alpha value is -6.31. The number of anilines is 3. The minimum atomic E-state index is -4.35. The number of imide groups is 1. The van der Waals surface area contributed by atoms with E-state index in [0.29, 0.717) is 52.9 Å². The lowest BCUT2D eigenvalue weighted by atomic mass is 9.95. The second-order valence-electron chi connectivity index (χ2n) is 19.1. The van der Waals surface area contributed by atoms with E-state index in [2.05, 4.69) is 48.2 Å². The maximum atomic E-state index is 15.8. The number of aromatic nitrogens is 2. The summed E-state index contributed by atoms with van der Waals surface area (Å²) in [6, 6.07) is 17.0. The molecule has 19 heteroatoms. The van der Waals surface area contributed by atoms with Crippen molar-refractivity contribution >= 4 is 61.8 Å². The first kappa shape index (κ1) is 44.2. The Morgan fingerprint density at radius 1 is 0.824 bits per heavy atom. The molecular weight excluding hydrogens is 900 g/mol. The van der Waals surface area contributed by atoms with E-state index in [1.807, 2.05) is 29.0 Å². The molecule has 5 fully saturated rings. The molecule has 68 heavy (non-hydrogen) atoms. The number of rotatable bonds is 11. The summed E-state index contributed by atoms with van der Waals surface area (Å²) in [6.45, 7) is 6.95. The van der Waals surface area contributed by atoms with E-state index in [0.717, 1.165) is 97.6 Å². The zero-order chi connectivity index (χ0) is 47.0. The fourth-order valence-corrected chi connectivity index (χ4v) is 12.5. The van der Waals surface area contributed by atoms with Gasteiger partial charge in [-0.05, 0) is 103 Å². The van der Waals surface area contributed by atoms with Gasteiger partial charge in [0.2, 0.25) is 17.6 Å². The van der Waals surface area contributed by atoms with E-state index in [1.54, 1.807) is 17.2 Å². The van der Waals surface area contributed by atoms with E-state index in [1.165, 1.54) is 6.20 Å². The number of piperidine rings is 2. The normalized spacial score (nSPS) is 23.8. The lowest BCUT2D eigenvalue weighted by Crippen LogP contribution is -2.52. The fourth-order valence-electron chi connectivity index (χ4n) is 11.2. The first-order valence-corrected chi connectivity index (χ1v) is 24.7. The molecule has 0 unspecified atom stereocenters. The molecule has 0 aliphatic carbocycles. The number of fused-ring (bicyclic) bond motifs is 3. The van der Waals surface area contributed by atoms with Crippen LogP contribution in [0.25, 0.3) is 22.2 Å². The maximum absolute atomic E-state index is 15.8. The van der Waals surface area contributed by atoms with Gasteiger partial charge in [-0.15, -0.1) is 0 Å². The van der Waals surface area contributed by atoms with Crippen LogP contribution in [0.3, 0.4) is 0 Å². The third-order valence-corrected chi connectivity index (χ3v) is 16.4. The van der Waals surface area contributed by atoms with Crippen LogP contribution in [0.2, 0.25) is 0 Å². The molecule has 0 saturated carbocycles. The largest absolute Gasteiger partial charge is 0.372 e. The van der Waals surface area contributed by atoms with Crippen LogP contribution in [-0.2, 0) is 26.3 Å². The number of aromatic amines is 1. The van der Waals surface area contributed by atoms with Crippen LogP contribution in [0.15, 0.2) is 73.1 Å².